The number of para-hydroxylation sites is 1. The number of benzene rings is 2. The number of carbonyl (C=O) groups is 1. The molecule has 1 amide bonds. The van der Waals surface area contributed by atoms with Crippen molar-refractivity contribution in [2.45, 2.75) is 13.8 Å². The molecule has 0 saturated carbocycles. The third kappa shape index (κ3) is 3.55. The summed E-state index contributed by atoms with van der Waals surface area (Å²) in [6, 6.07) is 13.1. The molecule has 2 heterocycles. The second-order valence-electron chi connectivity index (χ2n) is 6.59. The van der Waals surface area contributed by atoms with Crippen molar-refractivity contribution in [2.24, 2.45) is 4.99 Å². The molecule has 2 aliphatic rings. The molecule has 2 aromatic rings. The van der Waals surface area contributed by atoms with Gasteiger partial charge in [-0.2, -0.15) is 0 Å². The summed E-state index contributed by atoms with van der Waals surface area (Å²) in [6.07, 6.45) is 3.90. The summed E-state index contributed by atoms with van der Waals surface area (Å²) in [7, 11) is 0. The zero-order chi connectivity index (χ0) is 19.7. The number of aryl methyl sites for hydroxylation is 1. The molecule has 2 aromatic carbocycles. The van der Waals surface area contributed by atoms with Crippen molar-refractivity contribution in [1.82, 2.24) is 4.90 Å². The highest BCUT2D eigenvalue weighted by Gasteiger charge is 2.32. The average Bonchev–Trinajstić information content (AvgIpc) is 2.98. The topological polar surface area (TPSA) is 62.1 Å². The van der Waals surface area contributed by atoms with E-state index in [9.17, 15) is 9.90 Å². The van der Waals surface area contributed by atoms with Crippen LogP contribution in [0.15, 0.2) is 64.0 Å². The van der Waals surface area contributed by atoms with Gasteiger partial charge in [0.05, 0.1) is 4.91 Å². The fraction of sp³-hybridized carbons (Fsp3) is 0.182. The number of likely N-dealkylation sites (N-methyl/N-ethyl adjacent to an activating group) is 1. The van der Waals surface area contributed by atoms with Crippen LogP contribution in [-0.4, -0.2) is 34.2 Å². The van der Waals surface area contributed by atoms with Gasteiger partial charge in [-0.05, 0) is 67.1 Å². The molecule has 28 heavy (non-hydrogen) atoms. The normalized spacial score (nSPS) is 19.0. The lowest BCUT2D eigenvalue weighted by molar-refractivity contribution is -0.122. The molecule has 0 aromatic heterocycles. The number of rotatable bonds is 3. The van der Waals surface area contributed by atoms with Crippen molar-refractivity contribution >= 4 is 34.6 Å². The second kappa shape index (κ2) is 7.56. The Morgan fingerprint density at radius 3 is 2.89 bits per heavy atom. The number of carbonyl (C=O) groups excluding carboxylic acids is 1. The third-order valence-electron chi connectivity index (χ3n) is 4.52. The van der Waals surface area contributed by atoms with E-state index in [4.69, 9.17) is 4.74 Å². The lowest BCUT2D eigenvalue weighted by Crippen LogP contribution is -2.28. The van der Waals surface area contributed by atoms with E-state index in [1.807, 2.05) is 56.3 Å². The number of hydrogen-bond donors (Lipinski definition) is 1. The van der Waals surface area contributed by atoms with Crippen molar-refractivity contribution in [3.63, 3.8) is 0 Å². The highest BCUT2D eigenvalue weighted by Crippen LogP contribution is 2.36. The standard InChI is InChI=1S/C22H20N2O3S/c1-3-24-21(26)20(12-15-11-16-6-4-5-7-19(16)27-13-15)28-22(24)23-17-9-8-14(2)10-18(17)25/h4-12,25H,3,13H2,1-2H3/b20-12-,23-22?. The van der Waals surface area contributed by atoms with E-state index < -0.39 is 0 Å². The number of fused-ring (bicyclic) bond motifs is 1. The first-order chi connectivity index (χ1) is 13.5. The first-order valence-electron chi connectivity index (χ1n) is 9.07. The van der Waals surface area contributed by atoms with E-state index in [-0.39, 0.29) is 11.7 Å². The molecule has 0 radical (unpaired) electrons. The Kier molecular flexibility index (Phi) is 4.96. The van der Waals surface area contributed by atoms with Crippen molar-refractivity contribution in [2.75, 3.05) is 13.2 Å². The van der Waals surface area contributed by atoms with E-state index in [0.717, 1.165) is 22.4 Å². The Balaban J connectivity index is 1.65. The van der Waals surface area contributed by atoms with E-state index in [1.165, 1.54) is 11.8 Å². The SMILES string of the molecule is CCN1C(=O)/C(=C/C2=Cc3ccccc3OC2)SC1=Nc1ccc(C)cc1O. The Labute approximate surface area is 168 Å². The molecule has 0 unspecified atom stereocenters. The van der Waals surface area contributed by atoms with Gasteiger partial charge in [-0.1, -0.05) is 24.3 Å². The van der Waals surface area contributed by atoms with Crippen molar-refractivity contribution in [1.29, 1.82) is 0 Å². The minimum absolute atomic E-state index is 0.0855. The lowest BCUT2D eigenvalue weighted by atomic mass is 10.1. The lowest BCUT2D eigenvalue weighted by Gasteiger charge is -2.16. The number of ether oxygens (including phenoxy) is 1. The van der Waals surface area contributed by atoms with Crippen LogP contribution in [0.25, 0.3) is 6.08 Å². The highest BCUT2D eigenvalue weighted by atomic mass is 32.2. The van der Waals surface area contributed by atoms with Gasteiger partial charge in [-0.15, -0.1) is 0 Å². The number of phenols is 1. The molecule has 4 rings (SSSR count). The minimum Gasteiger partial charge on any atom is -0.506 e. The highest BCUT2D eigenvalue weighted by molar-refractivity contribution is 8.18. The van der Waals surface area contributed by atoms with Gasteiger partial charge in [0.1, 0.15) is 23.8 Å². The third-order valence-corrected chi connectivity index (χ3v) is 5.53. The number of aliphatic imine (C=N–C) groups is 1. The summed E-state index contributed by atoms with van der Waals surface area (Å²) < 4.78 is 5.77. The second-order valence-corrected chi connectivity index (χ2v) is 7.60. The first-order valence-corrected chi connectivity index (χ1v) is 9.89. The molecule has 1 saturated heterocycles. The molecule has 1 N–H and O–H groups in total. The predicted molar refractivity (Wildman–Crippen MR) is 113 cm³/mol. The quantitative estimate of drug-likeness (QED) is 0.773. The van der Waals surface area contributed by atoms with Crippen LogP contribution in [0.2, 0.25) is 0 Å². The van der Waals surface area contributed by atoms with Gasteiger partial charge in [0, 0.05) is 12.1 Å². The van der Waals surface area contributed by atoms with Crippen LogP contribution in [0.3, 0.4) is 0 Å². The summed E-state index contributed by atoms with van der Waals surface area (Å²) >= 11 is 1.31. The Hall–Kier alpha value is -2.99. The zero-order valence-electron chi connectivity index (χ0n) is 15.7. The number of aromatic hydroxyl groups is 1. The van der Waals surface area contributed by atoms with Crippen LogP contribution in [0.4, 0.5) is 5.69 Å². The van der Waals surface area contributed by atoms with E-state index in [0.29, 0.717) is 28.9 Å². The fourth-order valence-electron chi connectivity index (χ4n) is 3.09. The van der Waals surface area contributed by atoms with Gasteiger partial charge in [-0.3, -0.25) is 9.69 Å². The molecule has 142 valence electrons. The van der Waals surface area contributed by atoms with E-state index in [1.54, 1.807) is 17.0 Å². The van der Waals surface area contributed by atoms with E-state index in [2.05, 4.69) is 4.99 Å². The van der Waals surface area contributed by atoms with Crippen molar-refractivity contribution in [3.05, 3.63) is 70.1 Å². The maximum atomic E-state index is 12.8. The Morgan fingerprint density at radius 1 is 1.29 bits per heavy atom. The summed E-state index contributed by atoms with van der Waals surface area (Å²) in [5, 5.41) is 10.7. The van der Waals surface area contributed by atoms with Gasteiger partial charge >= 0.3 is 0 Å². The van der Waals surface area contributed by atoms with Crippen LogP contribution >= 0.6 is 11.8 Å². The largest absolute Gasteiger partial charge is 0.506 e. The number of hydrogen-bond acceptors (Lipinski definition) is 5. The first kappa shape index (κ1) is 18.4. The molecule has 1 fully saturated rings. The number of amidine groups is 1. The molecule has 0 atom stereocenters. The fourth-order valence-corrected chi connectivity index (χ4v) is 4.16. The van der Waals surface area contributed by atoms with Gasteiger partial charge in [0.15, 0.2) is 5.17 Å². The van der Waals surface area contributed by atoms with Gasteiger partial charge in [0.25, 0.3) is 5.91 Å². The van der Waals surface area contributed by atoms with Crippen LogP contribution in [0.1, 0.15) is 18.1 Å². The van der Waals surface area contributed by atoms with Crippen LogP contribution in [-0.2, 0) is 4.79 Å². The molecule has 0 aliphatic carbocycles. The number of nitrogens with zero attached hydrogens (tertiary/aromatic N) is 2. The summed E-state index contributed by atoms with van der Waals surface area (Å²) in [6.45, 7) is 4.74. The van der Waals surface area contributed by atoms with Crippen molar-refractivity contribution < 1.29 is 14.6 Å². The molecule has 0 bridgehead atoms. The summed E-state index contributed by atoms with van der Waals surface area (Å²) in [5.41, 5.74) is 3.34. The number of phenolic OH excluding ortho intramolecular Hbond substituents is 1. The number of thioether (sulfide) groups is 1. The van der Waals surface area contributed by atoms with Gasteiger partial charge in [0.2, 0.25) is 0 Å². The number of amides is 1. The maximum Gasteiger partial charge on any atom is 0.266 e. The average molecular weight is 392 g/mol. The van der Waals surface area contributed by atoms with E-state index >= 15 is 0 Å². The van der Waals surface area contributed by atoms with Gasteiger partial charge < -0.3 is 9.84 Å². The Bertz CT molecular complexity index is 1040. The van der Waals surface area contributed by atoms with Crippen LogP contribution in [0, 0.1) is 6.92 Å². The summed E-state index contributed by atoms with van der Waals surface area (Å²) in [4.78, 5) is 19.6. The minimum atomic E-state index is -0.0855. The monoisotopic (exact) mass is 392 g/mol. The van der Waals surface area contributed by atoms with Crippen LogP contribution < -0.4 is 4.74 Å². The van der Waals surface area contributed by atoms with Gasteiger partial charge in [-0.25, -0.2) is 4.99 Å². The molecule has 6 heteroatoms. The Morgan fingerprint density at radius 2 is 2.11 bits per heavy atom. The molecular weight excluding hydrogens is 372 g/mol. The zero-order valence-corrected chi connectivity index (χ0v) is 16.5. The maximum absolute atomic E-state index is 12.8. The predicted octanol–water partition coefficient (Wildman–Crippen LogP) is 4.64. The molecule has 5 nitrogen and oxygen atoms in total. The smallest absolute Gasteiger partial charge is 0.266 e. The molecule has 2 aliphatic heterocycles. The molecule has 0 spiro atoms. The van der Waals surface area contributed by atoms with Crippen LogP contribution in [0.5, 0.6) is 11.5 Å². The van der Waals surface area contributed by atoms with Crippen molar-refractivity contribution in [3.8, 4) is 11.5 Å². The summed E-state index contributed by atoms with van der Waals surface area (Å²) in [5.74, 6) is 0.869. The molecular formula is C22H20N2O3S.